The fourth-order valence-corrected chi connectivity index (χ4v) is 2.73. The molecule has 0 aliphatic rings. The highest BCUT2D eigenvalue weighted by Crippen LogP contribution is 2.30. The van der Waals surface area contributed by atoms with Gasteiger partial charge in [-0.25, -0.2) is 4.98 Å². The minimum absolute atomic E-state index is 0.0627. The molecule has 5 nitrogen and oxygen atoms in total. The summed E-state index contributed by atoms with van der Waals surface area (Å²) in [7, 11) is 0. The number of rotatable bonds is 3. The van der Waals surface area contributed by atoms with Gasteiger partial charge in [0.2, 0.25) is 0 Å². The normalized spacial score (nSPS) is 10.5. The van der Waals surface area contributed by atoms with E-state index in [1.165, 1.54) is 23.5 Å². The lowest BCUT2D eigenvalue weighted by Gasteiger charge is -1.97. The average molecular weight is 298 g/mol. The molecule has 1 N–H and O–H groups in total. The maximum atomic E-state index is 10.6. The van der Waals surface area contributed by atoms with Crippen molar-refractivity contribution in [3.8, 4) is 27.6 Å². The number of aromatic hydroxyl groups is 1. The monoisotopic (exact) mass is 298 g/mol. The smallest absolute Gasteiger partial charge is 0.269 e. The lowest BCUT2D eigenvalue weighted by Crippen LogP contribution is -1.87. The van der Waals surface area contributed by atoms with Crippen LogP contribution in [-0.4, -0.2) is 15.0 Å². The third-order valence-corrected chi connectivity index (χ3v) is 3.88. The van der Waals surface area contributed by atoms with E-state index in [9.17, 15) is 15.2 Å². The number of aromatic nitrogens is 1. The standard InChI is InChI=1S/C15H10N2O3S/c18-13-7-3-11(4-8-13)15-16-14(9-21-15)10-1-5-12(6-2-10)17(19)20/h1-9,18H. The minimum atomic E-state index is -0.424. The van der Waals surface area contributed by atoms with Crippen molar-refractivity contribution in [3.05, 3.63) is 64.0 Å². The molecule has 0 radical (unpaired) electrons. The summed E-state index contributed by atoms with van der Waals surface area (Å²) < 4.78 is 0. The first kappa shape index (κ1) is 13.3. The summed E-state index contributed by atoms with van der Waals surface area (Å²) in [6.45, 7) is 0. The molecule has 1 aromatic heterocycles. The van der Waals surface area contributed by atoms with Crippen molar-refractivity contribution in [1.82, 2.24) is 4.98 Å². The van der Waals surface area contributed by atoms with Gasteiger partial charge in [0, 0.05) is 28.6 Å². The van der Waals surface area contributed by atoms with Gasteiger partial charge in [0.25, 0.3) is 5.69 Å². The SMILES string of the molecule is O=[N+]([O-])c1ccc(-c2csc(-c3ccc(O)cc3)n2)cc1. The summed E-state index contributed by atoms with van der Waals surface area (Å²) in [6.07, 6.45) is 0. The fourth-order valence-electron chi connectivity index (χ4n) is 1.90. The summed E-state index contributed by atoms with van der Waals surface area (Å²) >= 11 is 1.49. The van der Waals surface area contributed by atoms with Crippen LogP contribution in [0.5, 0.6) is 5.75 Å². The van der Waals surface area contributed by atoms with E-state index in [1.807, 2.05) is 5.38 Å². The first-order valence-corrected chi connectivity index (χ1v) is 7.01. The largest absolute Gasteiger partial charge is 0.508 e. The number of hydrogen-bond donors (Lipinski definition) is 1. The fraction of sp³-hybridized carbons (Fsp3) is 0. The maximum absolute atomic E-state index is 10.6. The molecule has 0 amide bonds. The van der Waals surface area contributed by atoms with Gasteiger partial charge in [0.15, 0.2) is 0 Å². The molecule has 0 unspecified atom stereocenters. The number of phenols is 1. The quantitative estimate of drug-likeness (QED) is 0.583. The molecule has 0 saturated carbocycles. The van der Waals surface area contributed by atoms with Gasteiger partial charge in [0.05, 0.1) is 10.6 Å². The Morgan fingerprint density at radius 3 is 2.24 bits per heavy atom. The number of benzene rings is 2. The molecular formula is C15H10N2O3S. The topological polar surface area (TPSA) is 76.3 Å². The lowest BCUT2D eigenvalue weighted by molar-refractivity contribution is -0.384. The highest BCUT2D eigenvalue weighted by atomic mass is 32.1. The van der Waals surface area contributed by atoms with Crippen molar-refractivity contribution in [3.63, 3.8) is 0 Å². The molecule has 0 aliphatic heterocycles. The predicted molar refractivity (Wildman–Crippen MR) is 81.3 cm³/mol. The Balaban J connectivity index is 1.90. The van der Waals surface area contributed by atoms with Crippen molar-refractivity contribution < 1.29 is 10.0 Å². The van der Waals surface area contributed by atoms with Gasteiger partial charge in [-0.3, -0.25) is 10.1 Å². The zero-order valence-corrected chi connectivity index (χ0v) is 11.6. The maximum Gasteiger partial charge on any atom is 0.269 e. The van der Waals surface area contributed by atoms with Gasteiger partial charge in [0.1, 0.15) is 10.8 Å². The van der Waals surface area contributed by atoms with E-state index >= 15 is 0 Å². The van der Waals surface area contributed by atoms with Crippen LogP contribution in [0.2, 0.25) is 0 Å². The van der Waals surface area contributed by atoms with Crippen LogP contribution in [0.25, 0.3) is 21.8 Å². The van der Waals surface area contributed by atoms with Crippen molar-refractivity contribution in [2.45, 2.75) is 0 Å². The first-order valence-electron chi connectivity index (χ1n) is 6.13. The van der Waals surface area contributed by atoms with Crippen LogP contribution in [0.4, 0.5) is 5.69 Å². The summed E-state index contributed by atoms with van der Waals surface area (Å²) in [4.78, 5) is 14.7. The predicted octanol–water partition coefficient (Wildman–Crippen LogP) is 4.09. The van der Waals surface area contributed by atoms with Crippen LogP contribution in [0.3, 0.4) is 0 Å². The molecule has 3 rings (SSSR count). The van der Waals surface area contributed by atoms with Crippen LogP contribution in [0, 0.1) is 10.1 Å². The number of non-ortho nitro benzene ring substituents is 1. The Labute approximate surface area is 124 Å². The summed E-state index contributed by atoms with van der Waals surface area (Å²) in [5.41, 5.74) is 2.60. The molecule has 21 heavy (non-hydrogen) atoms. The van der Waals surface area contributed by atoms with Gasteiger partial charge in [-0.2, -0.15) is 0 Å². The second-order valence-corrected chi connectivity index (χ2v) is 5.25. The van der Waals surface area contributed by atoms with Gasteiger partial charge in [-0.15, -0.1) is 11.3 Å². The Kier molecular flexibility index (Phi) is 3.37. The van der Waals surface area contributed by atoms with Crippen LogP contribution in [0.15, 0.2) is 53.9 Å². The number of nitro groups is 1. The molecule has 0 atom stereocenters. The molecule has 104 valence electrons. The second kappa shape index (κ2) is 5.34. The van der Waals surface area contributed by atoms with Crippen molar-refractivity contribution in [2.24, 2.45) is 0 Å². The van der Waals surface area contributed by atoms with Crippen molar-refractivity contribution >= 4 is 17.0 Å². The Morgan fingerprint density at radius 1 is 1.00 bits per heavy atom. The van der Waals surface area contributed by atoms with Crippen LogP contribution >= 0.6 is 11.3 Å². The molecule has 2 aromatic carbocycles. The summed E-state index contributed by atoms with van der Waals surface area (Å²) in [5.74, 6) is 0.214. The molecule has 0 fully saturated rings. The molecule has 1 heterocycles. The zero-order valence-electron chi connectivity index (χ0n) is 10.8. The van der Waals surface area contributed by atoms with Gasteiger partial charge in [-0.1, -0.05) is 0 Å². The number of phenolic OH excluding ortho intramolecular Hbond substituents is 1. The average Bonchev–Trinajstić information content (AvgIpc) is 2.98. The van der Waals surface area contributed by atoms with E-state index in [0.717, 1.165) is 21.8 Å². The van der Waals surface area contributed by atoms with E-state index in [4.69, 9.17) is 0 Å². The number of thiazole rings is 1. The van der Waals surface area contributed by atoms with Crippen LogP contribution < -0.4 is 0 Å². The second-order valence-electron chi connectivity index (χ2n) is 4.39. The molecular weight excluding hydrogens is 288 g/mol. The lowest BCUT2D eigenvalue weighted by atomic mass is 10.1. The molecule has 6 heteroatoms. The first-order chi connectivity index (χ1) is 10.1. The van der Waals surface area contributed by atoms with Gasteiger partial charge < -0.3 is 5.11 Å². The number of hydrogen-bond acceptors (Lipinski definition) is 5. The third-order valence-electron chi connectivity index (χ3n) is 2.99. The summed E-state index contributed by atoms with van der Waals surface area (Å²) in [6, 6.07) is 13.1. The Morgan fingerprint density at radius 2 is 1.62 bits per heavy atom. The molecule has 0 saturated heterocycles. The third kappa shape index (κ3) is 2.75. The van der Waals surface area contributed by atoms with Gasteiger partial charge in [-0.05, 0) is 36.4 Å². The zero-order chi connectivity index (χ0) is 14.8. The van der Waals surface area contributed by atoms with Crippen molar-refractivity contribution in [1.29, 1.82) is 0 Å². The molecule has 0 aliphatic carbocycles. The molecule has 3 aromatic rings. The van der Waals surface area contributed by atoms with Crippen LogP contribution in [0.1, 0.15) is 0 Å². The molecule has 0 bridgehead atoms. The van der Waals surface area contributed by atoms with E-state index in [2.05, 4.69) is 4.98 Å². The highest BCUT2D eigenvalue weighted by molar-refractivity contribution is 7.13. The molecule has 0 spiro atoms. The highest BCUT2D eigenvalue weighted by Gasteiger charge is 2.09. The van der Waals surface area contributed by atoms with Crippen LogP contribution in [-0.2, 0) is 0 Å². The number of nitro benzene ring substituents is 1. The van der Waals surface area contributed by atoms with Crippen molar-refractivity contribution in [2.75, 3.05) is 0 Å². The number of nitrogens with zero attached hydrogens (tertiary/aromatic N) is 2. The Hall–Kier alpha value is -2.73. The Bertz CT molecular complexity index is 779. The van der Waals surface area contributed by atoms with E-state index in [1.54, 1.807) is 36.4 Å². The van der Waals surface area contributed by atoms with E-state index in [0.29, 0.717) is 0 Å². The van der Waals surface area contributed by atoms with Gasteiger partial charge >= 0.3 is 0 Å². The summed E-state index contributed by atoms with van der Waals surface area (Å²) in [5, 5.41) is 22.7. The van der Waals surface area contributed by atoms with E-state index < -0.39 is 4.92 Å². The van der Waals surface area contributed by atoms with E-state index in [-0.39, 0.29) is 11.4 Å². The minimum Gasteiger partial charge on any atom is -0.508 e.